The zero-order valence-corrected chi connectivity index (χ0v) is 19.2. The molecule has 3 aromatic rings. The van der Waals surface area contributed by atoms with Crippen LogP contribution in [-0.4, -0.2) is 46.9 Å². The standard InChI is InChI=1S/C14H16ClF3N2O.C6H6N4OS/c15-9-12(21)20-13(4-6-19-7-5-13)10-2-1-3-11(8-10)14(16,17)18;1-11-4-3-5(9-2-8-4)12-6(7)10-3/h1-3,8,19H,4-7,9H2,(H,20,21);2H,1H3,(H2,7,10). The maximum atomic E-state index is 12.9. The van der Waals surface area contributed by atoms with E-state index < -0.39 is 17.3 Å². The number of fused-ring (bicyclic) bond motifs is 1. The zero-order valence-electron chi connectivity index (χ0n) is 17.6. The molecule has 4 rings (SSSR count). The number of alkyl halides is 4. The van der Waals surface area contributed by atoms with Gasteiger partial charge in [-0.1, -0.05) is 23.5 Å². The van der Waals surface area contributed by atoms with Crippen molar-refractivity contribution in [2.24, 2.45) is 0 Å². The average Bonchev–Trinajstić information content (AvgIpc) is 3.20. The Hall–Kier alpha value is -2.70. The van der Waals surface area contributed by atoms with Gasteiger partial charge in [-0.15, -0.1) is 11.6 Å². The summed E-state index contributed by atoms with van der Waals surface area (Å²) in [6, 6.07) is 5.13. The third-order valence-corrected chi connectivity index (χ3v) is 6.11. The number of hydrogen-bond donors (Lipinski definition) is 3. The Morgan fingerprint density at radius 2 is 2.06 bits per heavy atom. The second-order valence-electron chi connectivity index (χ2n) is 7.18. The Balaban J connectivity index is 0.000000215. The highest BCUT2D eigenvalue weighted by atomic mass is 35.5. The molecule has 0 bridgehead atoms. The van der Waals surface area contributed by atoms with Crippen LogP contribution in [-0.2, 0) is 16.5 Å². The molecule has 0 spiro atoms. The number of piperidine rings is 1. The van der Waals surface area contributed by atoms with Crippen LogP contribution in [0.25, 0.3) is 10.3 Å². The number of carbonyl (C=O) groups excluding carboxylic acids is 1. The molecule has 33 heavy (non-hydrogen) atoms. The summed E-state index contributed by atoms with van der Waals surface area (Å²) in [6.07, 6.45) is -1.92. The Bertz CT molecular complexity index is 1100. The Labute approximate surface area is 196 Å². The number of anilines is 1. The van der Waals surface area contributed by atoms with Gasteiger partial charge in [0.2, 0.25) is 11.8 Å². The number of hydrogen-bond acceptors (Lipinski definition) is 8. The minimum Gasteiger partial charge on any atom is -0.479 e. The summed E-state index contributed by atoms with van der Waals surface area (Å²) < 4.78 is 43.6. The minimum atomic E-state index is -4.40. The first-order valence-electron chi connectivity index (χ1n) is 9.85. The number of rotatable bonds is 4. The molecular formula is C20H22ClF3N6O2S. The number of nitrogens with one attached hydrogen (secondary N) is 2. The van der Waals surface area contributed by atoms with Crippen molar-refractivity contribution in [3.8, 4) is 5.88 Å². The summed E-state index contributed by atoms with van der Waals surface area (Å²) in [6.45, 7) is 1.25. The molecule has 1 aromatic carbocycles. The molecule has 1 fully saturated rings. The Morgan fingerprint density at radius 1 is 1.33 bits per heavy atom. The molecule has 0 radical (unpaired) electrons. The lowest BCUT2D eigenvalue weighted by Gasteiger charge is -2.39. The Kier molecular flexibility index (Phi) is 7.92. The first kappa shape index (κ1) is 24.9. The quantitative estimate of drug-likeness (QED) is 0.469. The van der Waals surface area contributed by atoms with E-state index in [0.717, 1.165) is 17.0 Å². The highest BCUT2D eigenvalue weighted by molar-refractivity contribution is 7.21. The van der Waals surface area contributed by atoms with Gasteiger partial charge in [-0.3, -0.25) is 4.79 Å². The van der Waals surface area contributed by atoms with E-state index in [2.05, 4.69) is 25.6 Å². The van der Waals surface area contributed by atoms with Gasteiger partial charge in [0.15, 0.2) is 15.5 Å². The second kappa shape index (κ2) is 10.5. The van der Waals surface area contributed by atoms with Crippen molar-refractivity contribution in [3.63, 3.8) is 0 Å². The van der Waals surface area contributed by atoms with Crippen molar-refractivity contribution in [1.82, 2.24) is 25.6 Å². The van der Waals surface area contributed by atoms with Gasteiger partial charge in [0, 0.05) is 0 Å². The number of carbonyl (C=O) groups is 1. The molecule has 0 atom stereocenters. The molecule has 8 nitrogen and oxygen atoms in total. The number of aromatic nitrogens is 3. The topological polar surface area (TPSA) is 115 Å². The predicted molar refractivity (Wildman–Crippen MR) is 120 cm³/mol. The maximum absolute atomic E-state index is 12.9. The van der Waals surface area contributed by atoms with Crippen LogP contribution in [0.2, 0.25) is 0 Å². The second-order valence-corrected chi connectivity index (χ2v) is 8.46. The van der Waals surface area contributed by atoms with Crippen molar-refractivity contribution in [2.45, 2.75) is 24.6 Å². The molecule has 3 heterocycles. The number of nitrogens with two attached hydrogens (primary N) is 1. The van der Waals surface area contributed by atoms with Crippen LogP contribution in [0, 0.1) is 0 Å². The fraction of sp³-hybridized carbons (Fsp3) is 0.400. The van der Waals surface area contributed by atoms with E-state index in [1.807, 2.05) is 0 Å². The predicted octanol–water partition coefficient (Wildman–Crippen LogP) is 3.32. The number of thiazole rings is 1. The number of nitrogens with zero attached hydrogens (tertiary/aromatic N) is 3. The summed E-state index contributed by atoms with van der Waals surface area (Å²) in [7, 11) is 1.54. The van der Waals surface area contributed by atoms with E-state index in [4.69, 9.17) is 22.1 Å². The first-order valence-corrected chi connectivity index (χ1v) is 11.2. The van der Waals surface area contributed by atoms with Crippen LogP contribution in [0.3, 0.4) is 0 Å². The number of ether oxygens (including phenoxy) is 1. The van der Waals surface area contributed by atoms with Crippen LogP contribution in [0.1, 0.15) is 24.0 Å². The zero-order chi connectivity index (χ0) is 24.1. The van der Waals surface area contributed by atoms with Crippen molar-refractivity contribution in [3.05, 3.63) is 41.7 Å². The Morgan fingerprint density at radius 3 is 2.70 bits per heavy atom. The number of halogens is 4. The summed E-state index contributed by atoms with van der Waals surface area (Å²) >= 11 is 6.83. The van der Waals surface area contributed by atoms with Crippen molar-refractivity contribution >= 4 is 44.3 Å². The van der Waals surface area contributed by atoms with E-state index in [-0.39, 0.29) is 11.8 Å². The molecule has 1 aliphatic heterocycles. The molecule has 178 valence electrons. The first-order chi connectivity index (χ1) is 15.7. The largest absolute Gasteiger partial charge is 0.479 e. The molecule has 13 heteroatoms. The lowest BCUT2D eigenvalue weighted by atomic mass is 9.80. The van der Waals surface area contributed by atoms with Gasteiger partial charge >= 0.3 is 6.18 Å². The van der Waals surface area contributed by atoms with Crippen LogP contribution >= 0.6 is 22.9 Å². The molecule has 0 unspecified atom stereocenters. The third kappa shape index (κ3) is 6.01. The van der Waals surface area contributed by atoms with Gasteiger partial charge in [0.05, 0.1) is 18.2 Å². The number of methoxy groups -OCH3 is 1. The lowest BCUT2D eigenvalue weighted by molar-refractivity contribution is -0.137. The summed E-state index contributed by atoms with van der Waals surface area (Å²) in [5.74, 6) is -0.127. The van der Waals surface area contributed by atoms with E-state index in [1.165, 1.54) is 30.8 Å². The van der Waals surface area contributed by atoms with Gasteiger partial charge in [-0.05, 0) is 43.6 Å². The normalized spacial score (nSPS) is 15.4. The van der Waals surface area contributed by atoms with Gasteiger partial charge in [-0.25, -0.2) is 9.97 Å². The van der Waals surface area contributed by atoms with Crippen molar-refractivity contribution < 1.29 is 22.7 Å². The molecule has 1 aliphatic rings. The van der Waals surface area contributed by atoms with Gasteiger partial charge < -0.3 is 21.1 Å². The molecule has 0 saturated carbocycles. The van der Waals surface area contributed by atoms with Crippen molar-refractivity contribution in [1.29, 1.82) is 0 Å². The molecular weight excluding hydrogens is 481 g/mol. The van der Waals surface area contributed by atoms with Crippen LogP contribution in [0.5, 0.6) is 5.88 Å². The van der Waals surface area contributed by atoms with Crippen molar-refractivity contribution in [2.75, 3.05) is 31.8 Å². The fourth-order valence-corrected chi connectivity index (χ4v) is 4.26. The monoisotopic (exact) mass is 502 g/mol. The molecule has 1 amide bonds. The SMILES string of the molecule is COc1ncnc2sc(N)nc12.O=C(CCl)NC1(c2cccc(C(F)(F)F)c2)CCNCC1. The van der Waals surface area contributed by atoms with E-state index >= 15 is 0 Å². The highest BCUT2D eigenvalue weighted by Crippen LogP contribution is 2.35. The summed E-state index contributed by atoms with van der Waals surface area (Å²) in [5.41, 5.74) is 5.09. The van der Waals surface area contributed by atoms with E-state index in [1.54, 1.807) is 6.07 Å². The van der Waals surface area contributed by atoms with E-state index in [0.29, 0.717) is 48.0 Å². The van der Waals surface area contributed by atoms with Crippen LogP contribution in [0.15, 0.2) is 30.6 Å². The van der Waals surface area contributed by atoms with Gasteiger partial charge in [0.1, 0.15) is 12.2 Å². The lowest BCUT2D eigenvalue weighted by Crippen LogP contribution is -2.52. The fourth-order valence-electron chi connectivity index (χ4n) is 3.53. The molecule has 1 saturated heterocycles. The van der Waals surface area contributed by atoms with Gasteiger partial charge in [0.25, 0.3) is 0 Å². The van der Waals surface area contributed by atoms with Crippen LogP contribution < -0.4 is 21.1 Å². The molecule has 2 aromatic heterocycles. The summed E-state index contributed by atoms with van der Waals surface area (Å²) in [5, 5.41) is 6.41. The number of nitrogen functional groups attached to an aromatic ring is 1. The average molecular weight is 503 g/mol. The molecule has 4 N–H and O–H groups in total. The number of benzene rings is 1. The van der Waals surface area contributed by atoms with Crippen LogP contribution in [0.4, 0.5) is 18.3 Å². The van der Waals surface area contributed by atoms with Gasteiger partial charge in [-0.2, -0.15) is 18.2 Å². The van der Waals surface area contributed by atoms with E-state index in [9.17, 15) is 18.0 Å². The smallest absolute Gasteiger partial charge is 0.416 e. The number of amides is 1. The molecule has 0 aliphatic carbocycles. The summed E-state index contributed by atoms with van der Waals surface area (Å²) in [4.78, 5) is 24.3. The third-order valence-electron chi connectivity index (χ3n) is 5.07. The minimum absolute atomic E-state index is 0.214. The maximum Gasteiger partial charge on any atom is 0.416 e. The highest BCUT2D eigenvalue weighted by Gasteiger charge is 2.37.